The summed E-state index contributed by atoms with van der Waals surface area (Å²) in [4.78, 5) is 1.27. The van der Waals surface area contributed by atoms with Gasteiger partial charge < -0.3 is 11.1 Å². The van der Waals surface area contributed by atoms with Gasteiger partial charge in [-0.25, -0.2) is 0 Å². The third-order valence-electron chi connectivity index (χ3n) is 2.56. The maximum Gasteiger partial charge on any atom is 0.0542 e. The van der Waals surface area contributed by atoms with Crippen molar-refractivity contribution in [2.75, 3.05) is 6.54 Å². The maximum atomic E-state index is 5.81. The van der Waals surface area contributed by atoms with Gasteiger partial charge in [-0.2, -0.15) is 0 Å². The highest BCUT2D eigenvalue weighted by Gasteiger charge is 2.10. The molecule has 1 atom stereocenters. The first-order chi connectivity index (χ1) is 8.29. The molecule has 90 valence electrons. The fraction of sp³-hybridized carbons (Fsp3) is 0.231. The second-order valence-corrected chi connectivity index (χ2v) is 5.68. The summed E-state index contributed by atoms with van der Waals surface area (Å²) in [6.45, 7) is 1.46. The van der Waals surface area contributed by atoms with Crippen molar-refractivity contribution >= 4 is 27.3 Å². The Balaban J connectivity index is 1.97. The zero-order chi connectivity index (χ0) is 12.1. The van der Waals surface area contributed by atoms with Gasteiger partial charge in [0.05, 0.1) is 6.04 Å². The molecule has 0 spiro atoms. The van der Waals surface area contributed by atoms with Crippen molar-refractivity contribution in [1.29, 1.82) is 0 Å². The van der Waals surface area contributed by atoms with Gasteiger partial charge >= 0.3 is 0 Å². The first kappa shape index (κ1) is 12.8. The number of thiophene rings is 1. The van der Waals surface area contributed by atoms with Gasteiger partial charge in [0.25, 0.3) is 0 Å². The zero-order valence-corrected chi connectivity index (χ0v) is 11.8. The van der Waals surface area contributed by atoms with Crippen LogP contribution in [-0.4, -0.2) is 6.54 Å². The van der Waals surface area contributed by atoms with Crippen LogP contribution in [0.5, 0.6) is 0 Å². The van der Waals surface area contributed by atoms with E-state index in [1.165, 1.54) is 10.4 Å². The molecule has 2 nitrogen and oxygen atoms in total. The van der Waals surface area contributed by atoms with Crippen molar-refractivity contribution in [2.24, 2.45) is 5.73 Å². The van der Waals surface area contributed by atoms with Crippen LogP contribution in [0.25, 0.3) is 0 Å². The summed E-state index contributed by atoms with van der Waals surface area (Å²) in [6.07, 6.45) is 0. The van der Waals surface area contributed by atoms with Crippen LogP contribution in [0.3, 0.4) is 0 Å². The molecule has 0 saturated carbocycles. The summed E-state index contributed by atoms with van der Waals surface area (Å²) in [5, 5.41) is 5.57. The lowest BCUT2D eigenvalue weighted by Crippen LogP contribution is -2.27. The second kappa shape index (κ2) is 6.31. The van der Waals surface area contributed by atoms with Crippen LogP contribution >= 0.6 is 27.3 Å². The first-order valence-corrected chi connectivity index (χ1v) is 7.18. The number of nitrogens with two attached hydrogens (primary N) is 1. The molecule has 0 saturated heterocycles. The minimum absolute atomic E-state index is 0.228. The molecule has 2 aromatic rings. The molecule has 0 aliphatic carbocycles. The Hall–Kier alpha value is -0.680. The number of hydrogen-bond donors (Lipinski definition) is 2. The molecule has 0 bridgehead atoms. The summed E-state index contributed by atoms with van der Waals surface area (Å²) >= 11 is 5.20. The molecule has 0 aliphatic rings. The lowest BCUT2D eigenvalue weighted by atomic mass is 10.2. The Labute approximate surface area is 114 Å². The highest BCUT2D eigenvalue weighted by molar-refractivity contribution is 9.10. The Morgan fingerprint density at radius 2 is 2.06 bits per heavy atom. The smallest absolute Gasteiger partial charge is 0.0542 e. The van der Waals surface area contributed by atoms with Crippen LogP contribution in [0.4, 0.5) is 0 Å². The van der Waals surface area contributed by atoms with E-state index < -0.39 is 0 Å². The lowest BCUT2D eigenvalue weighted by Gasteiger charge is -2.15. The van der Waals surface area contributed by atoms with Crippen molar-refractivity contribution < 1.29 is 0 Å². The molecule has 1 unspecified atom stereocenters. The van der Waals surface area contributed by atoms with E-state index in [1.807, 2.05) is 6.07 Å². The Morgan fingerprint density at radius 3 is 2.65 bits per heavy atom. The van der Waals surface area contributed by atoms with Crippen LogP contribution in [0.1, 0.15) is 16.5 Å². The highest BCUT2D eigenvalue weighted by Crippen LogP contribution is 2.25. The highest BCUT2D eigenvalue weighted by atomic mass is 79.9. The van der Waals surface area contributed by atoms with Gasteiger partial charge in [0.1, 0.15) is 0 Å². The van der Waals surface area contributed by atoms with Gasteiger partial charge in [-0.05, 0) is 27.6 Å². The molecule has 1 aromatic carbocycles. The van der Waals surface area contributed by atoms with Crippen LogP contribution in [0.2, 0.25) is 0 Å². The molecule has 3 N–H and O–H groups in total. The predicted molar refractivity (Wildman–Crippen MR) is 77.1 cm³/mol. The van der Waals surface area contributed by atoms with Gasteiger partial charge in [-0.15, -0.1) is 11.3 Å². The molecule has 17 heavy (non-hydrogen) atoms. The van der Waals surface area contributed by atoms with Crippen molar-refractivity contribution in [1.82, 2.24) is 5.32 Å². The molecule has 1 aromatic heterocycles. The standard InChI is InChI=1S/C13H15BrN2S/c14-11-6-13(17-9-11)12(7-15)16-8-10-4-2-1-3-5-10/h1-6,9,12,16H,7-8,15H2. The molecule has 0 fully saturated rings. The third-order valence-corrected chi connectivity index (χ3v) is 4.37. The van der Waals surface area contributed by atoms with E-state index in [0.29, 0.717) is 6.54 Å². The van der Waals surface area contributed by atoms with Crippen LogP contribution < -0.4 is 11.1 Å². The van der Waals surface area contributed by atoms with Gasteiger partial charge in [-0.3, -0.25) is 0 Å². The van der Waals surface area contributed by atoms with Crippen molar-refractivity contribution in [3.8, 4) is 0 Å². The van der Waals surface area contributed by atoms with E-state index in [4.69, 9.17) is 5.73 Å². The summed E-state index contributed by atoms with van der Waals surface area (Å²) in [6, 6.07) is 12.7. The van der Waals surface area contributed by atoms with Crippen molar-refractivity contribution in [3.63, 3.8) is 0 Å². The topological polar surface area (TPSA) is 38.0 Å². The quantitative estimate of drug-likeness (QED) is 0.889. The van der Waals surface area contributed by atoms with Crippen LogP contribution in [0, 0.1) is 0 Å². The minimum Gasteiger partial charge on any atom is -0.329 e. The first-order valence-electron chi connectivity index (χ1n) is 5.51. The van der Waals surface area contributed by atoms with E-state index in [9.17, 15) is 0 Å². The number of hydrogen-bond acceptors (Lipinski definition) is 3. The van der Waals surface area contributed by atoms with Gasteiger partial charge in [-0.1, -0.05) is 30.3 Å². The van der Waals surface area contributed by atoms with E-state index in [2.05, 4.69) is 57.0 Å². The third kappa shape index (κ3) is 3.64. The lowest BCUT2D eigenvalue weighted by molar-refractivity contribution is 0.549. The molecule has 4 heteroatoms. The number of nitrogens with one attached hydrogen (secondary N) is 1. The summed E-state index contributed by atoms with van der Waals surface area (Å²) in [5.74, 6) is 0. The second-order valence-electron chi connectivity index (χ2n) is 3.82. The van der Waals surface area contributed by atoms with Crippen LogP contribution in [-0.2, 0) is 6.54 Å². The summed E-state index contributed by atoms with van der Waals surface area (Å²) < 4.78 is 1.12. The van der Waals surface area contributed by atoms with Crippen LogP contribution in [0.15, 0.2) is 46.3 Å². The summed E-state index contributed by atoms with van der Waals surface area (Å²) in [5.41, 5.74) is 7.09. The SMILES string of the molecule is NCC(NCc1ccccc1)c1cc(Br)cs1. The normalized spacial score (nSPS) is 12.6. The maximum absolute atomic E-state index is 5.81. The minimum atomic E-state index is 0.228. The zero-order valence-electron chi connectivity index (χ0n) is 9.40. The molecular formula is C13H15BrN2S. The van der Waals surface area contributed by atoms with Gasteiger partial charge in [0.2, 0.25) is 0 Å². The molecule has 0 radical (unpaired) electrons. The van der Waals surface area contributed by atoms with Gasteiger partial charge in [0, 0.05) is 27.8 Å². The number of benzene rings is 1. The molecular weight excluding hydrogens is 296 g/mol. The Bertz CT molecular complexity index is 455. The average Bonchev–Trinajstić information content (AvgIpc) is 2.78. The average molecular weight is 311 g/mol. The van der Waals surface area contributed by atoms with Gasteiger partial charge in [0.15, 0.2) is 0 Å². The predicted octanol–water partition coefficient (Wildman–Crippen LogP) is 3.30. The largest absolute Gasteiger partial charge is 0.329 e. The van der Waals surface area contributed by atoms with E-state index in [1.54, 1.807) is 11.3 Å². The molecule has 2 rings (SSSR count). The van der Waals surface area contributed by atoms with Crippen molar-refractivity contribution in [2.45, 2.75) is 12.6 Å². The Kier molecular flexibility index (Phi) is 4.74. The van der Waals surface area contributed by atoms with E-state index in [0.717, 1.165) is 11.0 Å². The molecule has 0 amide bonds. The number of halogens is 1. The van der Waals surface area contributed by atoms with E-state index >= 15 is 0 Å². The molecule has 0 aliphatic heterocycles. The van der Waals surface area contributed by atoms with E-state index in [-0.39, 0.29) is 6.04 Å². The summed E-state index contributed by atoms with van der Waals surface area (Å²) in [7, 11) is 0. The monoisotopic (exact) mass is 310 g/mol. The van der Waals surface area contributed by atoms with Crippen molar-refractivity contribution in [3.05, 3.63) is 56.7 Å². The number of rotatable bonds is 5. The fourth-order valence-electron chi connectivity index (χ4n) is 1.65. The molecule has 1 heterocycles. The Morgan fingerprint density at radius 1 is 1.29 bits per heavy atom. The fourth-order valence-corrected chi connectivity index (χ4v) is 3.18.